The van der Waals surface area contributed by atoms with Crippen LogP contribution in [0.2, 0.25) is 0 Å². The van der Waals surface area contributed by atoms with Crippen LogP contribution >= 0.6 is 0 Å². The molecule has 2 aromatic heterocycles. The lowest BCUT2D eigenvalue weighted by Gasteiger charge is -2.11. The molecule has 0 fully saturated rings. The highest BCUT2D eigenvalue weighted by Crippen LogP contribution is 2.28. The van der Waals surface area contributed by atoms with Gasteiger partial charge in [-0.25, -0.2) is 14.4 Å². The number of aromatic nitrogens is 3. The van der Waals surface area contributed by atoms with Crippen LogP contribution in [-0.4, -0.2) is 53.0 Å². The van der Waals surface area contributed by atoms with Crippen LogP contribution in [0.15, 0.2) is 52.5 Å². The van der Waals surface area contributed by atoms with E-state index in [1.165, 1.54) is 49.2 Å². The molecule has 1 aliphatic rings. The highest BCUT2D eigenvalue weighted by atomic mass is 19.1. The van der Waals surface area contributed by atoms with Crippen molar-refractivity contribution in [1.29, 1.82) is 0 Å². The molecule has 0 spiro atoms. The number of amides is 2. The Morgan fingerprint density at radius 2 is 1.97 bits per heavy atom. The first-order valence-electron chi connectivity index (χ1n) is 11.9. The number of carbonyl (C=O) groups is 2. The van der Waals surface area contributed by atoms with E-state index in [1.807, 2.05) is 0 Å². The van der Waals surface area contributed by atoms with E-state index in [9.17, 15) is 18.8 Å². The SMILES string of the molecule is COCNC(=O)Cn1ccc(C2CC(c3cc(C(=O)NCc4ccc(F)c(OC)c4)nc(C)n3)=NO2)cc1=O. The zero-order valence-electron chi connectivity index (χ0n) is 21.6. The van der Waals surface area contributed by atoms with E-state index >= 15 is 0 Å². The van der Waals surface area contributed by atoms with Gasteiger partial charge >= 0.3 is 0 Å². The third-order valence-electron chi connectivity index (χ3n) is 5.82. The Kier molecular flexibility index (Phi) is 8.61. The number of pyridine rings is 1. The molecule has 1 atom stereocenters. The predicted molar refractivity (Wildman–Crippen MR) is 137 cm³/mol. The van der Waals surface area contributed by atoms with Crippen LogP contribution in [0.3, 0.4) is 0 Å². The van der Waals surface area contributed by atoms with Crippen LogP contribution < -0.4 is 20.9 Å². The molecule has 3 aromatic rings. The third-order valence-corrected chi connectivity index (χ3v) is 5.82. The smallest absolute Gasteiger partial charge is 0.270 e. The van der Waals surface area contributed by atoms with Gasteiger partial charge in [-0.2, -0.15) is 0 Å². The zero-order valence-corrected chi connectivity index (χ0v) is 21.6. The largest absolute Gasteiger partial charge is 0.494 e. The van der Waals surface area contributed by atoms with E-state index in [4.69, 9.17) is 14.3 Å². The molecule has 1 aromatic carbocycles. The second-order valence-corrected chi connectivity index (χ2v) is 8.63. The number of ether oxygens (including phenoxy) is 2. The minimum Gasteiger partial charge on any atom is -0.494 e. The van der Waals surface area contributed by atoms with E-state index in [0.29, 0.717) is 34.8 Å². The first-order chi connectivity index (χ1) is 18.8. The summed E-state index contributed by atoms with van der Waals surface area (Å²) in [6, 6.07) is 8.90. The number of carbonyl (C=O) groups excluding carboxylic acids is 2. The Labute approximate surface area is 222 Å². The van der Waals surface area contributed by atoms with Crippen LogP contribution in [0.25, 0.3) is 0 Å². The number of rotatable bonds is 10. The van der Waals surface area contributed by atoms with E-state index in [1.54, 1.807) is 19.1 Å². The van der Waals surface area contributed by atoms with Gasteiger partial charge in [-0.3, -0.25) is 14.4 Å². The lowest BCUT2D eigenvalue weighted by molar-refractivity contribution is -0.123. The van der Waals surface area contributed by atoms with Gasteiger partial charge in [-0.15, -0.1) is 0 Å². The van der Waals surface area contributed by atoms with Gasteiger partial charge < -0.3 is 29.5 Å². The predicted octanol–water partition coefficient (Wildman–Crippen LogP) is 1.61. The summed E-state index contributed by atoms with van der Waals surface area (Å²) in [6.45, 7) is 1.70. The summed E-state index contributed by atoms with van der Waals surface area (Å²) in [4.78, 5) is 51.3. The molecule has 0 saturated heterocycles. The monoisotopic (exact) mass is 538 g/mol. The van der Waals surface area contributed by atoms with Crippen molar-refractivity contribution in [2.24, 2.45) is 5.16 Å². The molecule has 0 radical (unpaired) electrons. The summed E-state index contributed by atoms with van der Waals surface area (Å²) in [7, 11) is 2.82. The summed E-state index contributed by atoms with van der Waals surface area (Å²) in [6.07, 6.45) is 1.29. The number of halogens is 1. The topological polar surface area (TPSA) is 146 Å². The number of benzene rings is 1. The molecule has 3 heterocycles. The minimum absolute atomic E-state index is 0.0526. The fourth-order valence-electron chi connectivity index (χ4n) is 3.84. The number of nitrogens with one attached hydrogen (secondary N) is 2. The molecule has 2 N–H and O–H groups in total. The molecule has 0 aliphatic carbocycles. The van der Waals surface area contributed by atoms with Crippen molar-refractivity contribution in [3.8, 4) is 5.75 Å². The van der Waals surface area contributed by atoms with Gasteiger partial charge in [0.25, 0.3) is 11.5 Å². The zero-order chi connectivity index (χ0) is 27.9. The van der Waals surface area contributed by atoms with Gasteiger partial charge in [0, 0.05) is 37.9 Å². The average molecular weight is 539 g/mol. The first kappa shape index (κ1) is 27.4. The molecule has 0 saturated carbocycles. The van der Waals surface area contributed by atoms with Gasteiger partial charge in [-0.05, 0) is 36.8 Å². The van der Waals surface area contributed by atoms with Crippen molar-refractivity contribution in [2.45, 2.75) is 32.5 Å². The highest BCUT2D eigenvalue weighted by Gasteiger charge is 2.26. The summed E-state index contributed by atoms with van der Waals surface area (Å²) < 4.78 is 24.7. The number of hydrogen-bond acceptors (Lipinski definition) is 9. The van der Waals surface area contributed by atoms with Gasteiger partial charge in [-0.1, -0.05) is 11.2 Å². The number of nitrogens with zero attached hydrogens (tertiary/aromatic N) is 4. The maximum Gasteiger partial charge on any atom is 0.270 e. The molecule has 1 unspecified atom stereocenters. The summed E-state index contributed by atoms with van der Waals surface area (Å²) >= 11 is 0. The maximum absolute atomic E-state index is 13.6. The Bertz CT molecular complexity index is 1470. The quantitative estimate of drug-likeness (QED) is 0.370. The van der Waals surface area contributed by atoms with Crippen molar-refractivity contribution < 1.29 is 28.3 Å². The maximum atomic E-state index is 13.6. The highest BCUT2D eigenvalue weighted by molar-refractivity contribution is 6.02. The molecular weight excluding hydrogens is 511 g/mol. The van der Waals surface area contributed by atoms with E-state index in [0.717, 1.165) is 0 Å². The van der Waals surface area contributed by atoms with Crippen molar-refractivity contribution in [3.05, 3.63) is 87.1 Å². The number of hydrogen-bond donors (Lipinski definition) is 2. The van der Waals surface area contributed by atoms with E-state index in [-0.39, 0.29) is 42.7 Å². The van der Waals surface area contributed by atoms with Gasteiger partial charge in [0.2, 0.25) is 5.91 Å². The number of oxime groups is 1. The van der Waals surface area contributed by atoms with Crippen LogP contribution in [0.5, 0.6) is 5.75 Å². The standard InChI is InChI=1S/C26H27FN6O6/c1-15-30-19(10-21(31-15)26(36)28-12-16-4-5-18(27)23(8-16)38-3)20-11-22(39-32-20)17-6-7-33(25(35)9-17)13-24(34)29-14-37-2/h4-10,22H,11-14H2,1-3H3,(H,28,36)(H,29,34). The first-order valence-corrected chi connectivity index (χ1v) is 11.9. The van der Waals surface area contributed by atoms with Gasteiger partial charge in [0.15, 0.2) is 17.7 Å². The molecule has 204 valence electrons. The molecule has 0 bridgehead atoms. The molecule has 12 nitrogen and oxygen atoms in total. The third kappa shape index (κ3) is 6.82. The fraction of sp³-hybridized carbons (Fsp3) is 0.308. The van der Waals surface area contributed by atoms with Crippen molar-refractivity contribution in [2.75, 3.05) is 21.0 Å². The van der Waals surface area contributed by atoms with Crippen LogP contribution in [0.4, 0.5) is 4.39 Å². The molecule has 4 rings (SSSR count). The van der Waals surface area contributed by atoms with Crippen molar-refractivity contribution in [1.82, 2.24) is 25.2 Å². The summed E-state index contributed by atoms with van der Waals surface area (Å²) in [5.74, 6) is -0.847. The number of methoxy groups -OCH3 is 2. The molecule has 2 amide bonds. The Hall–Kier alpha value is -4.65. The second kappa shape index (κ2) is 12.3. The van der Waals surface area contributed by atoms with Gasteiger partial charge in [0.05, 0.1) is 12.8 Å². The van der Waals surface area contributed by atoms with Crippen molar-refractivity contribution >= 4 is 17.5 Å². The number of aryl methyl sites for hydroxylation is 1. The molecule has 1 aliphatic heterocycles. The minimum atomic E-state index is -0.536. The average Bonchev–Trinajstić information content (AvgIpc) is 3.42. The summed E-state index contributed by atoms with van der Waals surface area (Å²) in [5.41, 5.74) is 1.92. The second-order valence-electron chi connectivity index (χ2n) is 8.63. The Morgan fingerprint density at radius 3 is 2.72 bits per heavy atom. The fourth-order valence-corrected chi connectivity index (χ4v) is 3.84. The lowest BCUT2D eigenvalue weighted by Crippen LogP contribution is -2.33. The van der Waals surface area contributed by atoms with Crippen LogP contribution in [0.1, 0.15) is 45.7 Å². The van der Waals surface area contributed by atoms with Crippen LogP contribution in [0, 0.1) is 12.7 Å². The molecule has 13 heteroatoms. The van der Waals surface area contributed by atoms with E-state index < -0.39 is 17.8 Å². The van der Waals surface area contributed by atoms with Gasteiger partial charge in [0.1, 0.15) is 30.5 Å². The molecule has 39 heavy (non-hydrogen) atoms. The normalized spacial score (nSPS) is 14.4. The van der Waals surface area contributed by atoms with E-state index in [2.05, 4.69) is 25.8 Å². The Balaban J connectivity index is 1.41. The summed E-state index contributed by atoms with van der Waals surface area (Å²) in [5, 5.41) is 9.39. The Morgan fingerprint density at radius 1 is 1.15 bits per heavy atom. The van der Waals surface area contributed by atoms with Crippen molar-refractivity contribution in [3.63, 3.8) is 0 Å². The lowest BCUT2D eigenvalue weighted by atomic mass is 10.0. The molecular formula is C26H27FN6O6. The van der Waals surface area contributed by atoms with Crippen LogP contribution in [-0.2, 0) is 27.5 Å².